The summed E-state index contributed by atoms with van der Waals surface area (Å²) < 4.78 is 5.66. The molecule has 3 rings (SSSR count). The molecule has 1 fully saturated rings. The minimum atomic E-state index is -0.585. The Labute approximate surface area is 124 Å². The van der Waals surface area contributed by atoms with Gasteiger partial charge in [0.15, 0.2) is 11.9 Å². The van der Waals surface area contributed by atoms with Crippen LogP contribution in [0, 0.1) is 0 Å². The van der Waals surface area contributed by atoms with E-state index >= 15 is 0 Å². The molecular formula is C16H20N2O3. The summed E-state index contributed by atoms with van der Waals surface area (Å²) in [5.41, 5.74) is 0.957. The molecule has 0 bridgehead atoms. The van der Waals surface area contributed by atoms with Crippen LogP contribution < -0.4 is 10.1 Å². The number of nitrogens with zero attached hydrogens (tertiary/aromatic N) is 1. The van der Waals surface area contributed by atoms with Crippen molar-refractivity contribution in [2.24, 2.45) is 0 Å². The van der Waals surface area contributed by atoms with Crippen LogP contribution in [0.3, 0.4) is 0 Å². The van der Waals surface area contributed by atoms with Gasteiger partial charge in [0.05, 0.1) is 11.3 Å². The van der Waals surface area contributed by atoms with Crippen molar-refractivity contribution in [3.8, 4) is 5.75 Å². The predicted molar refractivity (Wildman–Crippen MR) is 79.5 cm³/mol. The van der Waals surface area contributed by atoms with Crippen molar-refractivity contribution >= 4 is 17.5 Å². The van der Waals surface area contributed by atoms with Gasteiger partial charge in [0.25, 0.3) is 11.8 Å². The molecule has 1 atom stereocenters. The number of likely N-dealkylation sites (tertiary alicyclic amines) is 1. The van der Waals surface area contributed by atoms with Gasteiger partial charge in [0.1, 0.15) is 0 Å². The molecule has 21 heavy (non-hydrogen) atoms. The standard InChI is InChI=1S/C16H20N2O3/c1-10-14(19)17-12-7-4-6-11(13(12)21-10)15(20)18-9-5-8-16(18,2)3/h4,6-7,10H,5,8-9H2,1-3H3,(H,17,19). The Balaban J connectivity index is 1.99. The van der Waals surface area contributed by atoms with Crippen molar-refractivity contribution < 1.29 is 14.3 Å². The van der Waals surface area contributed by atoms with E-state index in [-0.39, 0.29) is 17.4 Å². The highest BCUT2D eigenvalue weighted by Crippen LogP contribution is 2.37. The van der Waals surface area contributed by atoms with E-state index in [9.17, 15) is 9.59 Å². The van der Waals surface area contributed by atoms with E-state index < -0.39 is 6.10 Å². The highest BCUT2D eigenvalue weighted by molar-refractivity contribution is 6.04. The highest BCUT2D eigenvalue weighted by atomic mass is 16.5. The summed E-state index contributed by atoms with van der Waals surface area (Å²) in [5, 5.41) is 2.78. The van der Waals surface area contributed by atoms with Crippen molar-refractivity contribution in [2.45, 2.75) is 45.3 Å². The lowest BCUT2D eigenvalue weighted by atomic mass is 10.0. The molecule has 2 aliphatic rings. The monoisotopic (exact) mass is 288 g/mol. The van der Waals surface area contributed by atoms with Gasteiger partial charge >= 0.3 is 0 Å². The summed E-state index contributed by atoms with van der Waals surface area (Å²) >= 11 is 0. The topological polar surface area (TPSA) is 58.6 Å². The van der Waals surface area contributed by atoms with E-state index in [2.05, 4.69) is 19.2 Å². The normalized spacial score (nSPS) is 23.3. The zero-order valence-corrected chi connectivity index (χ0v) is 12.6. The number of hydrogen-bond acceptors (Lipinski definition) is 3. The second-order valence-corrected chi connectivity index (χ2v) is 6.30. The molecule has 5 heteroatoms. The summed E-state index contributed by atoms with van der Waals surface area (Å²) in [6, 6.07) is 5.29. The molecule has 1 unspecified atom stereocenters. The number of rotatable bonds is 1. The molecule has 0 aromatic heterocycles. The maximum atomic E-state index is 12.9. The summed E-state index contributed by atoms with van der Waals surface area (Å²) in [7, 11) is 0. The number of ether oxygens (including phenoxy) is 1. The van der Waals surface area contributed by atoms with Gasteiger partial charge in [-0.05, 0) is 45.7 Å². The molecular weight excluding hydrogens is 268 g/mol. The van der Waals surface area contributed by atoms with Crippen LogP contribution in [-0.4, -0.2) is 34.9 Å². The third-order valence-corrected chi connectivity index (χ3v) is 4.31. The zero-order valence-electron chi connectivity index (χ0n) is 12.6. The van der Waals surface area contributed by atoms with Crippen molar-refractivity contribution in [1.29, 1.82) is 0 Å². The Kier molecular flexibility index (Phi) is 3.15. The summed E-state index contributed by atoms with van der Waals surface area (Å²) in [4.78, 5) is 26.4. The Morgan fingerprint density at radius 2 is 2.19 bits per heavy atom. The fourth-order valence-electron chi connectivity index (χ4n) is 3.02. The Morgan fingerprint density at radius 3 is 2.86 bits per heavy atom. The van der Waals surface area contributed by atoms with E-state index in [0.717, 1.165) is 19.4 Å². The lowest BCUT2D eigenvalue weighted by Crippen LogP contribution is -2.43. The molecule has 0 saturated carbocycles. The van der Waals surface area contributed by atoms with Crippen LogP contribution in [0.1, 0.15) is 44.0 Å². The van der Waals surface area contributed by atoms with E-state index in [4.69, 9.17) is 4.74 Å². The molecule has 1 N–H and O–H groups in total. The summed E-state index contributed by atoms with van der Waals surface area (Å²) in [6.45, 7) is 6.60. The number of fused-ring (bicyclic) bond motifs is 1. The largest absolute Gasteiger partial charge is 0.478 e. The van der Waals surface area contributed by atoms with Crippen molar-refractivity contribution in [1.82, 2.24) is 4.90 Å². The molecule has 2 amide bonds. The first kappa shape index (κ1) is 13.9. The second-order valence-electron chi connectivity index (χ2n) is 6.30. The van der Waals surface area contributed by atoms with Gasteiger partial charge in [-0.2, -0.15) is 0 Å². The Bertz CT molecular complexity index is 610. The highest BCUT2D eigenvalue weighted by Gasteiger charge is 2.38. The van der Waals surface area contributed by atoms with Crippen LogP contribution in [0.15, 0.2) is 18.2 Å². The van der Waals surface area contributed by atoms with Crippen LogP contribution in [-0.2, 0) is 4.79 Å². The first-order valence-corrected chi connectivity index (χ1v) is 7.33. The van der Waals surface area contributed by atoms with Gasteiger partial charge in [0.2, 0.25) is 0 Å². The van der Waals surface area contributed by atoms with E-state index in [1.54, 1.807) is 25.1 Å². The van der Waals surface area contributed by atoms with Crippen molar-refractivity contribution in [3.63, 3.8) is 0 Å². The number of nitrogens with one attached hydrogen (secondary N) is 1. The second kappa shape index (κ2) is 4.76. The van der Waals surface area contributed by atoms with E-state index in [1.807, 2.05) is 4.90 Å². The molecule has 112 valence electrons. The zero-order chi connectivity index (χ0) is 15.2. The number of para-hydroxylation sites is 1. The quantitative estimate of drug-likeness (QED) is 0.863. The van der Waals surface area contributed by atoms with Gasteiger partial charge in [-0.15, -0.1) is 0 Å². The van der Waals surface area contributed by atoms with Crippen molar-refractivity contribution in [3.05, 3.63) is 23.8 Å². The molecule has 0 spiro atoms. The van der Waals surface area contributed by atoms with Gasteiger partial charge < -0.3 is 15.0 Å². The molecule has 1 aromatic rings. The summed E-state index contributed by atoms with van der Waals surface area (Å²) in [6.07, 6.45) is 1.43. The van der Waals surface area contributed by atoms with E-state index in [0.29, 0.717) is 17.0 Å². The van der Waals surface area contributed by atoms with Crippen LogP contribution in [0.2, 0.25) is 0 Å². The Morgan fingerprint density at radius 1 is 1.43 bits per heavy atom. The average Bonchev–Trinajstić information content (AvgIpc) is 2.78. The third kappa shape index (κ3) is 2.26. The predicted octanol–water partition coefficient (Wildman–Crippen LogP) is 2.42. The molecule has 5 nitrogen and oxygen atoms in total. The van der Waals surface area contributed by atoms with Crippen molar-refractivity contribution in [2.75, 3.05) is 11.9 Å². The molecule has 2 heterocycles. The maximum absolute atomic E-state index is 12.9. The number of hydrogen-bond donors (Lipinski definition) is 1. The SMILES string of the molecule is CC1Oc2c(cccc2C(=O)N2CCCC2(C)C)NC1=O. The van der Waals surface area contributed by atoms with Crippen LogP contribution in [0.4, 0.5) is 5.69 Å². The lowest BCUT2D eigenvalue weighted by Gasteiger charge is -2.33. The smallest absolute Gasteiger partial charge is 0.265 e. The Hall–Kier alpha value is -2.04. The molecule has 0 aliphatic carbocycles. The molecule has 2 aliphatic heterocycles. The number of anilines is 1. The number of carbonyl (C=O) groups excluding carboxylic acids is 2. The fraction of sp³-hybridized carbons (Fsp3) is 0.500. The minimum absolute atomic E-state index is 0.0299. The van der Waals surface area contributed by atoms with Crippen LogP contribution in [0.5, 0.6) is 5.75 Å². The average molecular weight is 288 g/mol. The maximum Gasteiger partial charge on any atom is 0.265 e. The number of amides is 2. The first-order chi connectivity index (χ1) is 9.90. The van der Waals surface area contributed by atoms with Gasteiger partial charge in [-0.25, -0.2) is 0 Å². The molecule has 0 radical (unpaired) electrons. The van der Waals surface area contributed by atoms with Gasteiger partial charge in [-0.3, -0.25) is 9.59 Å². The van der Waals surface area contributed by atoms with Crippen LogP contribution in [0.25, 0.3) is 0 Å². The first-order valence-electron chi connectivity index (χ1n) is 7.33. The summed E-state index contributed by atoms with van der Waals surface area (Å²) in [5.74, 6) is 0.267. The number of benzene rings is 1. The minimum Gasteiger partial charge on any atom is -0.478 e. The number of carbonyl (C=O) groups is 2. The third-order valence-electron chi connectivity index (χ3n) is 4.31. The van der Waals surface area contributed by atoms with Crippen LogP contribution >= 0.6 is 0 Å². The lowest BCUT2D eigenvalue weighted by molar-refractivity contribution is -0.122. The molecule has 1 aromatic carbocycles. The van der Waals surface area contributed by atoms with Gasteiger partial charge in [-0.1, -0.05) is 6.07 Å². The van der Waals surface area contributed by atoms with E-state index in [1.165, 1.54) is 0 Å². The van der Waals surface area contributed by atoms with Gasteiger partial charge in [0, 0.05) is 12.1 Å². The molecule has 1 saturated heterocycles. The fourth-order valence-corrected chi connectivity index (χ4v) is 3.02.